The van der Waals surface area contributed by atoms with Crippen LogP contribution in [0.4, 0.5) is 10.8 Å². The minimum Gasteiger partial charge on any atom is -0.352 e. The lowest BCUT2D eigenvalue weighted by Gasteiger charge is -2.04. The number of benzene rings is 2. The van der Waals surface area contributed by atoms with Crippen LogP contribution in [-0.2, 0) is 6.42 Å². The largest absolute Gasteiger partial charge is 0.352 e. The molecule has 2 N–H and O–H groups in total. The second kappa shape index (κ2) is 9.34. The van der Waals surface area contributed by atoms with Gasteiger partial charge < -0.3 is 5.32 Å². The van der Waals surface area contributed by atoms with Crippen LogP contribution in [0.15, 0.2) is 53.0 Å². The van der Waals surface area contributed by atoms with Crippen LogP contribution >= 0.6 is 27.3 Å². The summed E-state index contributed by atoms with van der Waals surface area (Å²) >= 11 is 4.46. The van der Waals surface area contributed by atoms with Gasteiger partial charge in [0.2, 0.25) is 5.13 Å². The predicted molar refractivity (Wildman–Crippen MR) is 111 cm³/mol. The maximum atomic E-state index is 12.3. The third-order valence-electron chi connectivity index (χ3n) is 3.74. The van der Waals surface area contributed by atoms with Gasteiger partial charge in [0.25, 0.3) is 17.5 Å². The number of para-hydroxylation sites is 1. The first-order chi connectivity index (χ1) is 13.9. The number of nitrogens with zero attached hydrogens (tertiary/aromatic N) is 3. The number of aromatic nitrogens is 2. The monoisotopic (exact) mass is 475 g/mol. The van der Waals surface area contributed by atoms with Crippen LogP contribution in [0, 0.1) is 10.1 Å². The molecule has 1 heterocycles. The molecule has 3 aromatic rings. The summed E-state index contributed by atoms with van der Waals surface area (Å²) in [6.45, 7) is 0.345. The summed E-state index contributed by atoms with van der Waals surface area (Å²) in [5.41, 5.74) is 0.189. The van der Waals surface area contributed by atoms with Gasteiger partial charge in [-0.3, -0.25) is 25.0 Å². The van der Waals surface area contributed by atoms with E-state index < -0.39 is 10.8 Å². The average Bonchev–Trinajstić information content (AvgIpc) is 3.15. The van der Waals surface area contributed by atoms with Crippen LogP contribution < -0.4 is 10.6 Å². The highest BCUT2D eigenvalue weighted by Crippen LogP contribution is 2.21. The van der Waals surface area contributed by atoms with Crippen molar-refractivity contribution in [3.63, 3.8) is 0 Å². The van der Waals surface area contributed by atoms with Gasteiger partial charge in [0.1, 0.15) is 10.6 Å². The Bertz CT molecular complexity index is 1070. The van der Waals surface area contributed by atoms with Crippen LogP contribution in [0.1, 0.15) is 25.7 Å². The Morgan fingerprint density at radius 2 is 1.90 bits per heavy atom. The van der Waals surface area contributed by atoms with Crippen molar-refractivity contribution in [3.8, 4) is 0 Å². The Morgan fingerprint density at radius 1 is 1.10 bits per heavy atom. The van der Waals surface area contributed by atoms with E-state index >= 15 is 0 Å². The fourth-order valence-corrected chi connectivity index (χ4v) is 3.54. The third kappa shape index (κ3) is 5.42. The molecule has 148 valence electrons. The molecule has 0 saturated heterocycles. The number of nitro groups is 1. The SMILES string of the molecule is O=C(NCCc1nnc(NC(=O)c2ccccc2[N+](=O)[O-])s1)c1cccc(Br)c1. The quantitative estimate of drug-likeness (QED) is 0.397. The molecule has 1 aromatic heterocycles. The van der Waals surface area contributed by atoms with Crippen LogP contribution in [0.2, 0.25) is 0 Å². The Morgan fingerprint density at radius 3 is 2.66 bits per heavy atom. The normalized spacial score (nSPS) is 10.4. The van der Waals surface area contributed by atoms with E-state index in [4.69, 9.17) is 0 Å². The Hall–Kier alpha value is -3.18. The lowest BCUT2D eigenvalue weighted by atomic mass is 10.1. The van der Waals surface area contributed by atoms with Gasteiger partial charge in [-0.05, 0) is 24.3 Å². The smallest absolute Gasteiger partial charge is 0.282 e. The van der Waals surface area contributed by atoms with Crippen molar-refractivity contribution < 1.29 is 14.5 Å². The van der Waals surface area contributed by atoms with Gasteiger partial charge in [0.05, 0.1) is 4.92 Å². The summed E-state index contributed by atoms with van der Waals surface area (Å²) in [6.07, 6.45) is 0.429. The maximum Gasteiger partial charge on any atom is 0.282 e. The molecule has 0 radical (unpaired) electrons. The Labute approximate surface area is 177 Å². The van der Waals surface area contributed by atoms with Crippen LogP contribution in [0.3, 0.4) is 0 Å². The first-order valence-corrected chi connectivity index (χ1v) is 9.96. The van der Waals surface area contributed by atoms with Crippen molar-refractivity contribution in [2.75, 3.05) is 11.9 Å². The van der Waals surface area contributed by atoms with Crippen molar-refractivity contribution in [1.29, 1.82) is 0 Å². The van der Waals surface area contributed by atoms with E-state index in [1.54, 1.807) is 24.3 Å². The number of nitro benzene ring substituents is 1. The van der Waals surface area contributed by atoms with Crippen molar-refractivity contribution in [3.05, 3.63) is 79.3 Å². The highest BCUT2D eigenvalue weighted by molar-refractivity contribution is 9.10. The van der Waals surface area contributed by atoms with E-state index in [-0.39, 0.29) is 22.3 Å². The zero-order chi connectivity index (χ0) is 20.8. The van der Waals surface area contributed by atoms with Gasteiger partial charge in [0, 0.05) is 29.1 Å². The molecule has 11 heteroatoms. The molecule has 0 aliphatic rings. The second-order valence-electron chi connectivity index (χ2n) is 5.75. The number of nitrogens with one attached hydrogen (secondary N) is 2. The van der Waals surface area contributed by atoms with Gasteiger partial charge >= 0.3 is 0 Å². The lowest BCUT2D eigenvalue weighted by Crippen LogP contribution is -2.25. The van der Waals surface area contributed by atoms with Crippen LogP contribution in [-0.4, -0.2) is 33.5 Å². The van der Waals surface area contributed by atoms with E-state index in [2.05, 4.69) is 36.8 Å². The molecule has 29 heavy (non-hydrogen) atoms. The summed E-state index contributed by atoms with van der Waals surface area (Å²) in [4.78, 5) is 34.8. The van der Waals surface area contributed by atoms with E-state index in [1.165, 1.54) is 18.2 Å². The van der Waals surface area contributed by atoms with Crippen LogP contribution in [0.25, 0.3) is 0 Å². The minimum absolute atomic E-state index is 0.0597. The third-order valence-corrected chi connectivity index (χ3v) is 5.14. The van der Waals surface area contributed by atoms with Gasteiger partial charge in [-0.25, -0.2) is 0 Å². The van der Waals surface area contributed by atoms with Crippen molar-refractivity contribution in [2.24, 2.45) is 0 Å². The summed E-state index contributed by atoms with van der Waals surface area (Å²) < 4.78 is 0.813. The van der Waals surface area contributed by atoms with Gasteiger partial charge in [-0.2, -0.15) is 0 Å². The zero-order valence-corrected chi connectivity index (χ0v) is 17.2. The minimum atomic E-state index is -0.636. The fourth-order valence-electron chi connectivity index (χ4n) is 2.41. The van der Waals surface area contributed by atoms with Crippen molar-refractivity contribution in [1.82, 2.24) is 15.5 Å². The predicted octanol–water partition coefficient (Wildman–Crippen LogP) is 3.43. The van der Waals surface area contributed by atoms with E-state index in [0.29, 0.717) is 23.5 Å². The first-order valence-electron chi connectivity index (χ1n) is 8.35. The second-order valence-corrected chi connectivity index (χ2v) is 7.72. The lowest BCUT2D eigenvalue weighted by molar-refractivity contribution is -0.385. The summed E-state index contributed by atoms with van der Waals surface area (Å²) in [5, 5.41) is 25.0. The molecule has 0 bridgehead atoms. The molecule has 2 aromatic carbocycles. The average molecular weight is 476 g/mol. The molecule has 0 saturated carbocycles. The number of halogens is 1. The van der Waals surface area contributed by atoms with Crippen molar-refractivity contribution in [2.45, 2.75) is 6.42 Å². The standard InChI is InChI=1S/C18H14BrN5O4S/c19-12-5-3-4-11(10-12)16(25)20-9-8-15-22-23-18(29-15)21-17(26)13-6-1-2-7-14(13)24(27)28/h1-7,10H,8-9H2,(H,20,25)(H,21,23,26). The van der Waals surface area contributed by atoms with E-state index in [9.17, 15) is 19.7 Å². The molecule has 0 aliphatic carbocycles. The molecular weight excluding hydrogens is 462 g/mol. The number of hydrogen-bond donors (Lipinski definition) is 2. The molecule has 2 amide bonds. The zero-order valence-electron chi connectivity index (χ0n) is 14.8. The van der Waals surface area contributed by atoms with E-state index in [0.717, 1.165) is 15.8 Å². The maximum absolute atomic E-state index is 12.3. The summed E-state index contributed by atoms with van der Waals surface area (Å²) in [6, 6.07) is 12.7. The first kappa shape index (κ1) is 20.6. The summed E-state index contributed by atoms with van der Waals surface area (Å²) in [5.74, 6) is -0.844. The van der Waals surface area contributed by atoms with Crippen molar-refractivity contribution >= 4 is 49.9 Å². The molecule has 3 rings (SSSR count). The topological polar surface area (TPSA) is 127 Å². The fraction of sp³-hybridized carbons (Fsp3) is 0.111. The molecule has 0 spiro atoms. The van der Waals surface area contributed by atoms with Gasteiger partial charge in [0.15, 0.2) is 0 Å². The molecule has 0 unspecified atom stereocenters. The number of hydrogen-bond acceptors (Lipinski definition) is 7. The summed E-state index contributed by atoms with van der Waals surface area (Å²) in [7, 11) is 0. The Balaban J connectivity index is 1.55. The molecule has 0 aliphatic heterocycles. The number of anilines is 1. The van der Waals surface area contributed by atoms with E-state index in [1.807, 2.05) is 6.07 Å². The number of amides is 2. The highest BCUT2D eigenvalue weighted by atomic mass is 79.9. The number of rotatable bonds is 7. The molecule has 0 fully saturated rings. The molecule has 9 nitrogen and oxygen atoms in total. The Kier molecular flexibility index (Phi) is 6.62. The highest BCUT2D eigenvalue weighted by Gasteiger charge is 2.20. The van der Waals surface area contributed by atoms with Gasteiger partial charge in [-0.1, -0.05) is 45.5 Å². The van der Waals surface area contributed by atoms with Crippen LogP contribution in [0.5, 0.6) is 0 Å². The van der Waals surface area contributed by atoms with Gasteiger partial charge in [-0.15, -0.1) is 10.2 Å². The number of carbonyl (C=O) groups excluding carboxylic acids is 2. The molecule has 0 atom stereocenters. The number of carbonyl (C=O) groups is 2. The molecular formula is C18H14BrN5O4S.